The van der Waals surface area contributed by atoms with Gasteiger partial charge in [0.2, 0.25) is 5.91 Å². The molecule has 2 aromatic carbocycles. The van der Waals surface area contributed by atoms with Crippen molar-refractivity contribution in [2.24, 2.45) is 5.10 Å². The van der Waals surface area contributed by atoms with Crippen LogP contribution in [0.25, 0.3) is 0 Å². The van der Waals surface area contributed by atoms with Gasteiger partial charge in [-0.2, -0.15) is 5.10 Å². The predicted octanol–water partition coefficient (Wildman–Crippen LogP) is 2.76. The number of nitro benzene ring substituents is 1. The average molecular weight is 408 g/mol. The zero-order valence-corrected chi connectivity index (χ0v) is 14.7. The molecule has 0 aromatic heterocycles. The SMILES string of the molecule is COc1ccc(CC(=O)N/N=C/c2cc([N+](=O)[O-])cc(Br)c2O)cc1. The summed E-state index contributed by atoms with van der Waals surface area (Å²) in [6.07, 6.45) is 1.24. The molecule has 8 nitrogen and oxygen atoms in total. The van der Waals surface area contributed by atoms with E-state index in [-0.39, 0.29) is 33.8 Å². The molecule has 2 aromatic rings. The van der Waals surface area contributed by atoms with Crippen molar-refractivity contribution in [1.82, 2.24) is 5.43 Å². The van der Waals surface area contributed by atoms with Gasteiger partial charge in [0.05, 0.1) is 29.1 Å². The molecule has 0 unspecified atom stereocenters. The van der Waals surface area contributed by atoms with Gasteiger partial charge in [-0.1, -0.05) is 12.1 Å². The fraction of sp³-hybridized carbons (Fsp3) is 0.125. The Balaban J connectivity index is 2.02. The van der Waals surface area contributed by atoms with E-state index in [9.17, 15) is 20.0 Å². The maximum Gasteiger partial charge on any atom is 0.271 e. The van der Waals surface area contributed by atoms with Crippen LogP contribution in [0.1, 0.15) is 11.1 Å². The number of rotatable bonds is 6. The van der Waals surface area contributed by atoms with Crippen molar-refractivity contribution < 1.29 is 19.6 Å². The monoisotopic (exact) mass is 407 g/mol. The standard InChI is InChI=1S/C16H14BrN3O5/c1-25-13-4-2-10(3-5-13)6-15(21)19-18-9-11-7-12(20(23)24)8-14(17)16(11)22/h2-5,7-9,22H,6H2,1H3,(H,19,21)/b18-9+. The maximum atomic E-state index is 11.8. The van der Waals surface area contributed by atoms with Crippen molar-refractivity contribution in [3.8, 4) is 11.5 Å². The van der Waals surface area contributed by atoms with E-state index >= 15 is 0 Å². The average Bonchev–Trinajstić information content (AvgIpc) is 2.59. The third-order valence-corrected chi connectivity index (χ3v) is 3.81. The van der Waals surface area contributed by atoms with E-state index < -0.39 is 4.92 Å². The summed E-state index contributed by atoms with van der Waals surface area (Å²) in [4.78, 5) is 22.1. The molecule has 0 spiro atoms. The van der Waals surface area contributed by atoms with Gasteiger partial charge in [-0.05, 0) is 33.6 Å². The largest absolute Gasteiger partial charge is 0.506 e. The van der Waals surface area contributed by atoms with Gasteiger partial charge < -0.3 is 9.84 Å². The Kier molecular flexibility index (Phi) is 6.07. The number of amides is 1. The fourth-order valence-corrected chi connectivity index (χ4v) is 2.41. The Morgan fingerprint density at radius 1 is 1.40 bits per heavy atom. The number of benzene rings is 2. The maximum absolute atomic E-state index is 11.8. The van der Waals surface area contributed by atoms with Crippen molar-refractivity contribution >= 4 is 33.7 Å². The van der Waals surface area contributed by atoms with Crippen LogP contribution in [0.5, 0.6) is 11.5 Å². The van der Waals surface area contributed by atoms with E-state index in [1.165, 1.54) is 6.07 Å². The highest BCUT2D eigenvalue weighted by Gasteiger charge is 2.13. The molecule has 0 aliphatic rings. The van der Waals surface area contributed by atoms with Crippen LogP contribution in [-0.4, -0.2) is 29.3 Å². The summed E-state index contributed by atoms with van der Waals surface area (Å²) in [6, 6.07) is 9.32. The molecule has 130 valence electrons. The van der Waals surface area contributed by atoms with Crippen LogP contribution in [0.15, 0.2) is 46.0 Å². The second-order valence-corrected chi connectivity index (χ2v) is 5.79. The zero-order chi connectivity index (χ0) is 18.4. The summed E-state index contributed by atoms with van der Waals surface area (Å²) in [5, 5.41) is 24.4. The zero-order valence-electron chi connectivity index (χ0n) is 13.1. The van der Waals surface area contributed by atoms with Gasteiger partial charge in [-0.15, -0.1) is 0 Å². The Labute approximate surface area is 151 Å². The first-order valence-electron chi connectivity index (χ1n) is 7.02. The number of nitro groups is 1. The normalized spacial score (nSPS) is 10.6. The molecule has 0 atom stereocenters. The minimum atomic E-state index is -0.593. The van der Waals surface area contributed by atoms with Crippen LogP contribution in [0.3, 0.4) is 0 Å². The lowest BCUT2D eigenvalue weighted by Gasteiger charge is -2.04. The van der Waals surface area contributed by atoms with Crippen LogP contribution in [0.2, 0.25) is 0 Å². The van der Waals surface area contributed by atoms with Crippen LogP contribution in [0, 0.1) is 10.1 Å². The highest BCUT2D eigenvalue weighted by molar-refractivity contribution is 9.10. The Hall–Kier alpha value is -2.94. The van der Waals surface area contributed by atoms with Gasteiger partial charge in [0.1, 0.15) is 11.5 Å². The van der Waals surface area contributed by atoms with Crippen molar-refractivity contribution in [2.75, 3.05) is 7.11 Å². The number of hydrogen-bond acceptors (Lipinski definition) is 6. The van der Waals surface area contributed by atoms with Crippen molar-refractivity contribution in [3.63, 3.8) is 0 Å². The van der Waals surface area contributed by atoms with Gasteiger partial charge in [-0.3, -0.25) is 14.9 Å². The molecule has 0 aliphatic heterocycles. The Morgan fingerprint density at radius 3 is 2.68 bits per heavy atom. The molecular weight excluding hydrogens is 394 g/mol. The van der Waals surface area contributed by atoms with Crippen molar-refractivity contribution in [1.29, 1.82) is 0 Å². The second kappa shape index (κ2) is 8.25. The van der Waals surface area contributed by atoms with Gasteiger partial charge in [0.15, 0.2) is 0 Å². The number of carbonyl (C=O) groups is 1. The first kappa shape index (κ1) is 18.4. The number of ether oxygens (including phenoxy) is 1. The first-order valence-corrected chi connectivity index (χ1v) is 7.81. The summed E-state index contributed by atoms with van der Waals surface area (Å²) in [6.45, 7) is 0. The molecule has 0 bridgehead atoms. The van der Waals surface area contributed by atoms with E-state index in [0.29, 0.717) is 5.75 Å². The van der Waals surface area contributed by atoms with Gasteiger partial charge >= 0.3 is 0 Å². The summed E-state index contributed by atoms with van der Waals surface area (Å²) in [5.41, 5.74) is 2.97. The van der Waals surface area contributed by atoms with E-state index in [0.717, 1.165) is 17.8 Å². The molecule has 0 saturated carbocycles. The molecule has 0 saturated heterocycles. The van der Waals surface area contributed by atoms with Crippen LogP contribution in [-0.2, 0) is 11.2 Å². The van der Waals surface area contributed by atoms with Crippen LogP contribution >= 0.6 is 15.9 Å². The smallest absolute Gasteiger partial charge is 0.271 e. The molecule has 9 heteroatoms. The fourth-order valence-electron chi connectivity index (χ4n) is 1.95. The first-order chi connectivity index (χ1) is 11.9. The number of carbonyl (C=O) groups excluding carboxylic acids is 1. The Morgan fingerprint density at radius 2 is 2.08 bits per heavy atom. The van der Waals surface area contributed by atoms with E-state index in [4.69, 9.17) is 4.74 Å². The molecule has 0 radical (unpaired) electrons. The van der Waals surface area contributed by atoms with E-state index in [1.54, 1.807) is 31.4 Å². The number of nitrogens with one attached hydrogen (secondary N) is 1. The van der Waals surface area contributed by atoms with Crippen LogP contribution in [0.4, 0.5) is 5.69 Å². The molecule has 1 amide bonds. The summed E-state index contributed by atoms with van der Waals surface area (Å²) in [5.74, 6) is 0.109. The van der Waals surface area contributed by atoms with Gasteiger partial charge in [0, 0.05) is 17.7 Å². The quantitative estimate of drug-likeness (QED) is 0.434. The lowest BCUT2D eigenvalue weighted by Crippen LogP contribution is -2.19. The lowest BCUT2D eigenvalue weighted by atomic mass is 10.1. The number of aromatic hydroxyl groups is 1. The molecule has 0 aliphatic carbocycles. The number of halogens is 1. The number of hydrogen-bond donors (Lipinski definition) is 2. The van der Waals surface area contributed by atoms with Gasteiger partial charge in [-0.25, -0.2) is 5.43 Å². The third-order valence-electron chi connectivity index (χ3n) is 3.21. The number of methoxy groups -OCH3 is 1. The molecule has 25 heavy (non-hydrogen) atoms. The molecule has 2 rings (SSSR count). The molecule has 0 heterocycles. The predicted molar refractivity (Wildman–Crippen MR) is 94.9 cm³/mol. The molecular formula is C16H14BrN3O5. The number of nitrogens with zero attached hydrogens (tertiary/aromatic N) is 2. The summed E-state index contributed by atoms with van der Waals surface area (Å²) >= 11 is 3.03. The topological polar surface area (TPSA) is 114 Å². The van der Waals surface area contributed by atoms with Crippen molar-refractivity contribution in [3.05, 3.63) is 62.1 Å². The lowest BCUT2D eigenvalue weighted by molar-refractivity contribution is -0.385. The Bertz CT molecular complexity index is 821. The number of phenols is 1. The molecule has 0 fully saturated rings. The van der Waals surface area contributed by atoms with E-state index in [2.05, 4.69) is 26.5 Å². The van der Waals surface area contributed by atoms with Crippen LogP contribution < -0.4 is 10.2 Å². The van der Waals surface area contributed by atoms with Gasteiger partial charge in [0.25, 0.3) is 5.69 Å². The molecule has 2 N–H and O–H groups in total. The van der Waals surface area contributed by atoms with Crippen molar-refractivity contribution in [2.45, 2.75) is 6.42 Å². The van der Waals surface area contributed by atoms with E-state index in [1.807, 2.05) is 0 Å². The highest BCUT2D eigenvalue weighted by Crippen LogP contribution is 2.31. The third kappa shape index (κ3) is 5.01. The summed E-state index contributed by atoms with van der Waals surface area (Å²) in [7, 11) is 1.55. The minimum absolute atomic E-state index is 0.103. The highest BCUT2D eigenvalue weighted by atomic mass is 79.9. The second-order valence-electron chi connectivity index (χ2n) is 4.94. The summed E-state index contributed by atoms with van der Waals surface area (Å²) < 4.78 is 5.20. The number of hydrazone groups is 1. The minimum Gasteiger partial charge on any atom is -0.506 e. The number of non-ortho nitro benzene ring substituents is 1. The number of phenolic OH excluding ortho intramolecular Hbond substituents is 1.